The summed E-state index contributed by atoms with van der Waals surface area (Å²) in [6.45, 7) is 4.90. The van der Waals surface area contributed by atoms with E-state index in [1.807, 2.05) is 12.1 Å². The molecule has 6 nitrogen and oxygen atoms in total. The van der Waals surface area contributed by atoms with Crippen LogP contribution in [0.1, 0.15) is 55.5 Å². The van der Waals surface area contributed by atoms with Crippen molar-refractivity contribution >= 4 is 10.0 Å². The van der Waals surface area contributed by atoms with Gasteiger partial charge in [0.25, 0.3) is 0 Å². The molecule has 0 spiro atoms. The maximum Gasteiger partial charge on any atom is 0.219 e. The number of fused-ring (bicyclic) bond motifs is 1. The van der Waals surface area contributed by atoms with Gasteiger partial charge in [-0.2, -0.15) is 4.31 Å². The van der Waals surface area contributed by atoms with Crippen LogP contribution >= 0.6 is 0 Å². The van der Waals surface area contributed by atoms with Crippen LogP contribution in [-0.2, 0) is 29.6 Å². The third-order valence-corrected chi connectivity index (χ3v) is 7.02. The average Bonchev–Trinajstić information content (AvgIpc) is 2.86. The first-order valence-corrected chi connectivity index (χ1v) is 9.60. The Balaban J connectivity index is 2.59. The highest BCUT2D eigenvalue weighted by Gasteiger charge is 2.44. The molecule has 3 N–H and O–H groups in total. The van der Waals surface area contributed by atoms with E-state index in [2.05, 4.69) is 0 Å². The molecule has 0 fully saturated rings. The number of aliphatic hydroxyl groups excluding tert-OH is 3. The topological polar surface area (TPSA) is 98.1 Å². The molecule has 0 bridgehead atoms. The van der Waals surface area contributed by atoms with Crippen molar-refractivity contribution in [3.63, 3.8) is 0 Å². The molecule has 1 atom stereocenters. The third kappa shape index (κ3) is 3.36. The molecule has 1 aromatic rings. The lowest BCUT2D eigenvalue weighted by atomic mass is 9.93. The van der Waals surface area contributed by atoms with Crippen LogP contribution in [0.3, 0.4) is 0 Å². The minimum Gasteiger partial charge on any atom is -0.396 e. The molecule has 0 aromatic heterocycles. The van der Waals surface area contributed by atoms with Crippen molar-refractivity contribution in [3.8, 4) is 0 Å². The second-order valence-electron chi connectivity index (χ2n) is 7.15. The molecule has 0 amide bonds. The number of hydrogen-bond acceptors (Lipinski definition) is 5. The van der Waals surface area contributed by atoms with Crippen LogP contribution in [0.25, 0.3) is 0 Å². The Bertz CT molecular complexity index is 694. The quantitative estimate of drug-likeness (QED) is 0.708. The predicted octanol–water partition coefficient (Wildman–Crippen LogP) is 1.08. The first kappa shape index (κ1) is 19.3. The molecule has 0 radical (unpaired) electrons. The summed E-state index contributed by atoms with van der Waals surface area (Å²) >= 11 is 0. The van der Waals surface area contributed by atoms with E-state index >= 15 is 0 Å². The van der Waals surface area contributed by atoms with Crippen molar-refractivity contribution in [2.24, 2.45) is 0 Å². The zero-order valence-corrected chi connectivity index (χ0v) is 15.3. The van der Waals surface area contributed by atoms with Crippen LogP contribution in [0.5, 0.6) is 0 Å². The van der Waals surface area contributed by atoms with Gasteiger partial charge in [-0.1, -0.05) is 12.1 Å². The maximum absolute atomic E-state index is 13.0. The molecule has 0 aliphatic carbocycles. The van der Waals surface area contributed by atoms with Crippen LogP contribution in [0.15, 0.2) is 12.1 Å². The second-order valence-corrected chi connectivity index (χ2v) is 9.79. The summed E-state index contributed by atoms with van der Waals surface area (Å²) in [5.41, 5.74) is 3.25. The van der Waals surface area contributed by atoms with Crippen molar-refractivity contribution in [3.05, 3.63) is 34.4 Å². The Morgan fingerprint density at radius 3 is 2.33 bits per heavy atom. The maximum atomic E-state index is 13.0. The van der Waals surface area contributed by atoms with Crippen molar-refractivity contribution < 1.29 is 23.7 Å². The standard InChI is InChI=1S/C17H27NO5S/c1-17(2,3)24(22,23)18-10-14-9-12(11-21)8-13(4-6-19)16(14)15(18)5-7-20/h8-9,15,19-21H,4-7,10-11H2,1-3H3/t15-/m0/s1. The Morgan fingerprint density at radius 1 is 1.17 bits per heavy atom. The summed E-state index contributed by atoms with van der Waals surface area (Å²) in [4.78, 5) is 0. The highest BCUT2D eigenvalue weighted by molar-refractivity contribution is 7.90. The van der Waals surface area contributed by atoms with E-state index in [1.165, 1.54) is 4.31 Å². The summed E-state index contributed by atoms with van der Waals surface area (Å²) in [5.74, 6) is 0. The number of benzene rings is 1. The van der Waals surface area contributed by atoms with Crippen LogP contribution in [0, 0.1) is 0 Å². The van der Waals surface area contributed by atoms with E-state index < -0.39 is 20.8 Å². The van der Waals surface area contributed by atoms with Crippen LogP contribution < -0.4 is 0 Å². The van der Waals surface area contributed by atoms with Crippen molar-refractivity contribution in [2.75, 3.05) is 13.2 Å². The van der Waals surface area contributed by atoms with Crippen molar-refractivity contribution in [1.82, 2.24) is 4.31 Å². The van der Waals surface area contributed by atoms with Gasteiger partial charge in [-0.25, -0.2) is 8.42 Å². The number of nitrogens with zero attached hydrogens (tertiary/aromatic N) is 1. The van der Waals surface area contributed by atoms with Gasteiger partial charge in [-0.3, -0.25) is 0 Å². The Morgan fingerprint density at radius 2 is 1.83 bits per heavy atom. The van der Waals surface area contributed by atoms with Gasteiger partial charge in [0, 0.05) is 19.8 Å². The van der Waals surface area contributed by atoms with E-state index in [4.69, 9.17) is 0 Å². The predicted molar refractivity (Wildman–Crippen MR) is 91.8 cm³/mol. The van der Waals surface area contributed by atoms with E-state index in [1.54, 1.807) is 20.8 Å². The summed E-state index contributed by atoms with van der Waals surface area (Å²) in [5, 5.41) is 28.2. The molecule has 1 aromatic carbocycles. The molecule has 0 saturated heterocycles. The van der Waals surface area contributed by atoms with Gasteiger partial charge in [0.2, 0.25) is 10.0 Å². The van der Waals surface area contributed by atoms with Crippen LogP contribution in [0.4, 0.5) is 0 Å². The molecule has 0 saturated carbocycles. The van der Waals surface area contributed by atoms with Crippen molar-refractivity contribution in [1.29, 1.82) is 0 Å². The summed E-state index contributed by atoms with van der Waals surface area (Å²) in [7, 11) is -3.57. The fourth-order valence-electron chi connectivity index (χ4n) is 3.27. The van der Waals surface area contributed by atoms with Crippen LogP contribution in [-0.4, -0.2) is 46.0 Å². The summed E-state index contributed by atoms with van der Waals surface area (Å²) in [6, 6.07) is 3.19. The van der Waals surface area contributed by atoms with Gasteiger partial charge in [-0.15, -0.1) is 0 Å². The molecule has 1 heterocycles. The molecule has 0 unspecified atom stereocenters. The monoisotopic (exact) mass is 357 g/mol. The van der Waals surface area contributed by atoms with Gasteiger partial charge in [0.05, 0.1) is 17.4 Å². The molecule has 7 heteroatoms. The first-order chi connectivity index (χ1) is 11.2. The average molecular weight is 357 g/mol. The van der Waals surface area contributed by atoms with E-state index in [0.717, 1.165) is 16.7 Å². The summed E-state index contributed by atoms with van der Waals surface area (Å²) in [6.07, 6.45) is 0.695. The van der Waals surface area contributed by atoms with E-state index in [0.29, 0.717) is 18.4 Å². The second kappa shape index (κ2) is 7.09. The molecule has 2 rings (SSSR count). The van der Waals surface area contributed by atoms with Gasteiger partial charge in [0.1, 0.15) is 0 Å². The van der Waals surface area contributed by atoms with Crippen LogP contribution in [0.2, 0.25) is 0 Å². The van der Waals surface area contributed by atoms with E-state index in [-0.39, 0.29) is 26.4 Å². The summed E-state index contributed by atoms with van der Waals surface area (Å²) < 4.78 is 26.5. The minimum absolute atomic E-state index is 0.0564. The lowest BCUT2D eigenvalue weighted by Gasteiger charge is -2.31. The molecule has 24 heavy (non-hydrogen) atoms. The highest BCUT2D eigenvalue weighted by Crippen LogP contribution is 2.43. The van der Waals surface area contributed by atoms with Gasteiger partial charge < -0.3 is 15.3 Å². The fraction of sp³-hybridized carbons (Fsp3) is 0.647. The van der Waals surface area contributed by atoms with Gasteiger partial charge in [-0.05, 0) is 55.9 Å². The lowest BCUT2D eigenvalue weighted by Crippen LogP contribution is -2.42. The molecular formula is C17H27NO5S. The smallest absolute Gasteiger partial charge is 0.219 e. The zero-order chi connectivity index (χ0) is 18.1. The number of sulfonamides is 1. The number of aliphatic hydroxyl groups is 3. The van der Waals surface area contributed by atoms with Gasteiger partial charge >= 0.3 is 0 Å². The highest BCUT2D eigenvalue weighted by atomic mass is 32.2. The Hall–Kier alpha value is -0.990. The first-order valence-electron chi connectivity index (χ1n) is 8.16. The Labute approximate surface area is 143 Å². The number of hydrogen-bond donors (Lipinski definition) is 3. The SMILES string of the molecule is CC(C)(C)S(=O)(=O)N1Cc2cc(CO)cc(CCO)c2[C@@H]1CCO. The lowest BCUT2D eigenvalue weighted by molar-refractivity contribution is 0.232. The number of rotatable bonds is 6. The zero-order valence-electron chi connectivity index (χ0n) is 14.5. The molecule has 1 aliphatic heterocycles. The Kier molecular flexibility index (Phi) is 5.71. The molecule has 1 aliphatic rings. The fourth-order valence-corrected chi connectivity index (χ4v) is 4.82. The third-order valence-electron chi connectivity index (χ3n) is 4.47. The van der Waals surface area contributed by atoms with Crippen molar-refractivity contribution in [2.45, 2.75) is 57.6 Å². The normalized spacial score (nSPS) is 18.8. The van der Waals surface area contributed by atoms with Gasteiger partial charge in [0.15, 0.2) is 0 Å². The largest absolute Gasteiger partial charge is 0.396 e. The molecular weight excluding hydrogens is 330 g/mol. The minimum atomic E-state index is -3.57. The molecule has 136 valence electrons. The van der Waals surface area contributed by atoms with E-state index in [9.17, 15) is 23.7 Å².